The number of aliphatic carboxylic acids is 1. The highest BCUT2D eigenvalue weighted by atomic mass is 32.2. The van der Waals surface area contributed by atoms with Crippen molar-refractivity contribution in [3.63, 3.8) is 0 Å². The van der Waals surface area contributed by atoms with Crippen molar-refractivity contribution in [3.05, 3.63) is 112 Å². The summed E-state index contributed by atoms with van der Waals surface area (Å²) in [6.45, 7) is 7.88. The van der Waals surface area contributed by atoms with E-state index < -0.39 is 28.0 Å². The first-order valence-corrected chi connectivity index (χ1v) is 18.1. The third-order valence-electron chi connectivity index (χ3n) is 9.84. The molecule has 2 aromatic heterocycles. The topological polar surface area (TPSA) is 101 Å². The van der Waals surface area contributed by atoms with Crippen LogP contribution in [-0.2, 0) is 40.9 Å². The maximum atomic E-state index is 15.8. The molecule has 7 nitrogen and oxygen atoms in total. The van der Waals surface area contributed by atoms with Gasteiger partial charge in [0.05, 0.1) is 11.0 Å². The standard InChI is InChI=1S/C39H42F2N4O3S/c1-24(36(46)47)18-25-8-6-9-27(19-25)39(4)15-7-14-38(2,3)23-49(48)17-13-28-29-12-16-42-34(29)22-33(41)30(28)20-26-10-11-32(40)31(21-26)35-43-37(39)44-45(35)5/h6,8-12,16,18-19,21-22,42H,7,13-15,17,20,23H2,1-5H3,(H,46,47)/b24-18+. The van der Waals surface area contributed by atoms with Gasteiger partial charge < -0.3 is 10.1 Å². The van der Waals surface area contributed by atoms with Crippen molar-refractivity contribution in [1.82, 2.24) is 19.7 Å². The zero-order chi connectivity index (χ0) is 35.1. The Bertz CT molecular complexity index is 2110. The molecule has 2 atom stereocenters. The highest BCUT2D eigenvalue weighted by Gasteiger charge is 2.35. The van der Waals surface area contributed by atoms with Crippen LogP contribution in [0.15, 0.2) is 66.4 Å². The van der Waals surface area contributed by atoms with Crippen LogP contribution in [-0.4, -0.2) is 46.5 Å². The van der Waals surface area contributed by atoms with E-state index in [-0.39, 0.29) is 28.8 Å². The number of nitrogens with zero attached hydrogens (tertiary/aromatic N) is 3. The van der Waals surface area contributed by atoms with E-state index in [4.69, 9.17) is 10.1 Å². The lowest BCUT2D eigenvalue weighted by molar-refractivity contribution is -0.132. The number of H-pyrrole nitrogens is 1. The minimum atomic E-state index is -1.15. The first-order chi connectivity index (χ1) is 23.2. The quantitative estimate of drug-likeness (QED) is 0.187. The van der Waals surface area contributed by atoms with Crippen LogP contribution in [0.1, 0.15) is 80.6 Å². The third-order valence-corrected chi connectivity index (χ3v) is 11.6. The monoisotopic (exact) mass is 684 g/mol. The molecule has 1 aliphatic rings. The Morgan fingerprint density at radius 1 is 1.04 bits per heavy atom. The lowest BCUT2D eigenvalue weighted by atomic mass is 9.75. The van der Waals surface area contributed by atoms with Crippen LogP contribution >= 0.6 is 0 Å². The van der Waals surface area contributed by atoms with E-state index in [1.54, 1.807) is 43.1 Å². The zero-order valence-electron chi connectivity index (χ0n) is 28.6. The van der Waals surface area contributed by atoms with E-state index in [1.807, 2.05) is 30.3 Å². The second-order valence-corrected chi connectivity index (χ2v) is 15.9. The predicted octanol–water partition coefficient (Wildman–Crippen LogP) is 8.13. The largest absolute Gasteiger partial charge is 0.478 e. The number of fused-ring (bicyclic) bond motifs is 8. The van der Waals surface area contributed by atoms with Gasteiger partial charge in [0.25, 0.3) is 0 Å². The maximum Gasteiger partial charge on any atom is 0.331 e. The average molecular weight is 685 g/mol. The van der Waals surface area contributed by atoms with E-state index in [9.17, 15) is 14.1 Å². The third kappa shape index (κ3) is 7.15. The molecule has 0 saturated heterocycles. The molecule has 3 aromatic carbocycles. The van der Waals surface area contributed by atoms with Crippen LogP contribution in [0.2, 0.25) is 0 Å². The van der Waals surface area contributed by atoms with E-state index in [1.165, 1.54) is 12.1 Å². The Hall–Kier alpha value is -4.44. The summed E-state index contributed by atoms with van der Waals surface area (Å²) in [6, 6.07) is 15.9. The lowest BCUT2D eigenvalue weighted by Gasteiger charge is -2.30. The summed E-state index contributed by atoms with van der Waals surface area (Å²) in [5.74, 6) is -0.0256. The number of hydrogen-bond donors (Lipinski definition) is 2. The van der Waals surface area contributed by atoms with Gasteiger partial charge in [-0.15, -0.1) is 0 Å². The van der Waals surface area contributed by atoms with Gasteiger partial charge in [-0.3, -0.25) is 4.21 Å². The number of carbonyl (C=O) groups is 1. The molecule has 0 fully saturated rings. The fourth-order valence-electron chi connectivity index (χ4n) is 7.06. The highest BCUT2D eigenvalue weighted by molar-refractivity contribution is 7.85. The van der Waals surface area contributed by atoms with Gasteiger partial charge in [0, 0.05) is 58.4 Å². The Labute approximate surface area is 287 Å². The van der Waals surface area contributed by atoms with Gasteiger partial charge >= 0.3 is 5.97 Å². The number of aryl methyl sites for hydroxylation is 2. The molecular formula is C39H42F2N4O3S. The molecule has 0 aliphatic carbocycles. The first kappa shape index (κ1) is 34.4. The molecule has 49 heavy (non-hydrogen) atoms. The average Bonchev–Trinajstić information content (AvgIpc) is 3.67. The lowest BCUT2D eigenvalue weighted by Crippen LogP contribution is -2.28. The number of rotatable bonds is 3. The molecular weight excluding hydrogens is 643 g/mol. The number of aromatic nitrogens is 4. The summed E-state index contributed by atoms with van der Waals surface area (Å²) in [5, 5.41) is 15.2. The molecule has 0 radical (unpaired) electrons. The second kappa shape index (κ2) is 13.5. The van der Waals surface area contributed by atoms with Crippen LogP contribution in [0.5, 0.6) is 0 Å². The molecule has 0 saturated carbocycles. The molecule has 1 aliphatic heterocycles. The summed E-state index contributed by atoms with van der Waals surface area (Å²) in [4.78, 5) is 19.7. The molecule has 2 N–H and O–H groups in total. The molecule has 256 valence electrons. The highest BCUT2D eigenvalue weighted by Crippen LogP contribution is 2.39. The number of benzene rings is 3. The van der Waals surface area contributed by atoms with Crippen LogP contribution in [0, 0.1) is 17.0 Å². The molecule has 10 heteroatoms. The molecule has 5 aromatic rings. The van der Waals surface area contributed by atoms with Gasteiger partial charge in [0.1, 0.15) is 11.6 Å². The maximum absolute atomic E-state index is 15.8. The minimum absolute atomic E-state index is 0.218. The molecule has 0 spiro atoms. The predicted molar refractivity (Wildman–Crippen MR) is 191 cm³/mol. The Morgan fingerprint density at radius 2 is 1.84 bits per heavy atom. The molecule has 0 amide bonds. The number of nitrogens with one attached hydrogen (secondary N) is 1. The van der Waals surface area contributed by atoms with Gasteiger partial charge in [0.2, 0.25) is 0 Å². The number of carboxylic acids is 1. The molecule has 6 rings (SSSR count). The van der Waals surface area contributed by atoms with E-state index in [0.717, 1.165) is 40.5 Å². The number of carboxylic acid groups (broad SMARTS) is 1. The fourth-order valence-corrected chi connectivity index (χ4v) is 8.65. The second-order valence-electron chi connectivity index (χ2n) is 14.3. The summed E-state index contributed by atoms with van der Waals surface area (Å²) in [6.07, 6.45) is 6.31. The number of halogens is 2. The SMILES string of the molecule is C/C(=C\c1cccc(C2(C)CCCC(C)(C)CS(=O)CCc3c(c(F)cc4[nH]ccc34)Cc3ccc(F)c(c3)-c3nc2nn3C)c1)C(=O)O. The van der Waals surface area contributed by atoms with Crippen molar-refractivity contribution in [3.8, 4) is 11.4 Å². The molecule has 3 heterocycles. The molecule has 2 unspecified atom stereocenters. The van der Waals surface area contributed by atoms with Crippen molar-refractivity contribution in [2.45, 2.75) is 65.2 Å². The fraction of sp³-hybridized carbons (Fsp3) is 0.359. The van der Waals surface area contributed by atoms with Crippen LogP contribution in [0.3, 0.4) is 0 Å². The number of hydrogen-bond acceptors (Lipinski definition) is 4. The van der Waals surface area contributed by atoms with Crippen molar-refractivity contribution < 1.29 is 22.9 Å². The van der Waals surface area contributed by atoms with Crippen LogP contribution in [0.25, 0.3) is 28.4 Å². The van der Waals surface area contributed by atoms with E-state index in [0.29, 0.717) is 47.1 Å². The summed E-state index contributed by atoms with van der Waals surface area (Å²) in [7, 11) is 0.594. The van der Waals surface area contributed by atoms with E-state index in [2.05, 4.69) is 25.8 Å². The Morgan fingerprint density at radius 3 is 2.61 bits per heavy atom. The van der Waals surface area contributed by atoms with E-state index >= 15 is 8.78 Å². The minimum Gasteiger partial charge on any atom is -0.478 e. The Balaban J connectivity index is 1.50. The smallest absolute Gasteiger partial charge is 0.331 e. The van der Waals surface area contributed by atoms with Gasteiger partial charge in [0.15, 0.2) is 11.6 Å². The van der Waals surface area contributed by atoms with Gasteiger partial charge in [-0.25, -0.2) is 23.2 Å². The van der Waals surface area contributed by atoms with Crippen LogP contribution in [0.4, 0.5) is 8.78 Å². The zero-order valence-corrected chi connectivity index (χ0v) is 29.4. The van der Waals surface area contributed by atoms with Crippen molar-refractivity contribution in [2.75, 3.05) is 11.5 Å². The van der Waals surface area contributed by atoms with Gasteiger partial charge in [-0.2, -0.15) is 5.10 Å². The summed E-state index contributed by atoms with van der Waals surface area (Å²) in [5.41, 5.74) is 3.93. The van der Waals surface area contributed by atoms with Gasteiger partial charge in [-0.1, -0.05) is 50.6 Å². The van der Waals surface area contributed by atoms with Crippen LogP contribution < -0.4 is 0 Å². The first-order valence-electron chi connectivity index (χ1n) is 16.6. The number of aromatic amines is 1. The van der Waals surface area contributed by atoms with Gasteiger partial charge in [-0.05, 0) is 96.7 Å². The summed E-state index contributed by atoms with van der Waals surface area (Å²) >= 11 is 0. The molecule has 4 bridgehead atoms. The Kier molecular flexibility index (Phi) is 9.46. The summed E-state index contributed by atoms with van der Waals surface area (Å²) < 4.78 is 46.6. The van der Waals surface area contributed by atoms with Crippen molar-refractivity contribution in [2.24, 2.45) is 12.5 Å². The normalized spacial score (nSPS) is 20.4. The van der Waals surface area contributed by atoms with Crippen molar-refractivity contribution >= 4 is 33.7 Å². The van der Waals surface area contributed by atoms with Crippen molar-refractivity contribution in [1.29, 1.82) is 0 Å².